The van der Waals surface area contributed by atoms with Gasteiger partial charge in [-0.15, -0.1) is 10.2 Å². The number of hydrogen-bond donors (Lipinski definition) is 1. The topological polar surface area (TPSA) is 69.0 Å². The molecule has 3 aromatic carbocycles. The third kappa shape index (κ3) is 5.68. The number of halogens is 2. The number of amides is 1. The molecule has 0 spiro atoms. The number of carbonyl (C=O) groups is 1. The van der Waals surface area contributed by atoms with Crippen molar-refractivity contribution in [2.75, 3.05) is 18.2 Å². The largest absolute Gasteiger partial charge is 0.497 e. The lowest BCUT2D eigenvalue weighted by Gasteiger charge is -2.11. The summed E-state index contributed by atoms with van der Waals surface area (Å²) in [6.07, 6.45) is 0. The van der Waals surface area contributed by atoms with E-state index < -0.39 is 0 Å². The zero-order valence-corrected chi connectivity index (χ0v) is 20.2. The predicted molar refractivity (Wildman–Crippen MR) is 134 cm³/mol. The first-order valence-electron chi connectivity index (χ1n) is 9.98. The molecule has 1 N–H and O–H groups in total. The van der Waals surface area contributed by atoms with Crippen LogP contribution < -0.4 is 10.1 Å². The molecule has 0 fully saturated rings. The Morgan fingerprint density at radius 1 is 1.00 bits per heavy atom. The van der Waals surface area contributed by atoms with E-state index in [0.717, 1.165) is 22.6 Å². The second-order valence-corrected chi connectivity index (χ2v) is 9.02. The van der Waals surface area contributed by atoms with E-state index >= 15 is 0 Å². The normalized spacial score (nSPS) is 10.8. The molecule has 0 saturated heterocycles. The van der Waals surface area contributed by atoms with Crippen molar-refractivity contribution in [2.45, 2.75) is 12.1 Å². The number of rotatable bonds is 7. The average Bonchev–Trinajstić information content (AvgIpc) is 3.21. The molecule has 0 aliphatic rings. The highest BCUT2D eigenvalue weighted by atomic mass is 35.5. The molecule has 9 heteroatoms. The fraction of sp³-hybridized carbons (Fsp3) is 0.125. The molecule has 4 aromatic rings. The highest BCUT2D eigenvalue weighted by Gasteiger charge is 2.17. The Hall–Kier alpha value is -3.00. The summed E-state index contributed by atoms with van der Waals surface area (Å²) in [5.74, 6) is 1.36. The molecular weight excluding hydrogens is 479 g/mol. The molecule has 0 aliphatic carbocycles. The lowest BCUT2D eigenvalue weighted by Crippen LogP contribution is -2.14. The van der Waals surface area contributed by atoms with Crippen LogP contribution in [0.4, 0.5) is 5.69 Å². The molecule has 1 aromatic heterocycles. The Bertz CT molecular complexity index is 1250. The second-order valence-electron chi connectivity index (χ2n) is 7.20. The Balaban J connectivity index is 1.60. The van der Waals surface area contributed by atoms with Gasteiger partial charge in [0.1, 0.15) is 5.75 Å². The number of methoxy groups -OCH3 is 1. The number of aryl methyl sites for hydroxylation is 1. The first-order chi connectivity index (χ1) is 15.9. The quantitative estimate of drug-likeness (QED) is 0.303. The summed E-state index contributed by atoms with van der Waals surface area (Å²) in [6.45, 7) is 2.03. The van der Waals surface area contributed by atoms with Gasteiger partial charge in [0.25, 0.3) is 0 Å². The maximum Gasteiger partial charge on any atom is 0.234 e. The van der Waals surface area contributed by atoms with Crippen molar-refractivity contribution < 1.29 is 9.53 Å². The Kier molecular flexibility index (Phi) is 7.23. The number of benzene rings is 3. The molecule has 0 atom stereocenters. The van der Waals surface area contributed by atoms with E-state index in [4.69, 9.17) is 27.9 Å². The van der Waals surface area contributed by atoms with E-state index in [2.05, 4.69) is 15.5 Å². The van der Waals surface area contributed by atoms with Gasteiger partial charge in [-0.1, -0.05) is 64.8 Å². The van der Waals surface area contributed by atoms with Crippen molar-refractivity contribution in [2.24, 2.45) is 0 Å². The number of ether oxygens (including phenoxy) is 1. The third-order valence-electron chi connectivity index (χ3n) is 4.75. The van der Waals surface area contributed by atoms with E-state index in [-0.39, 0.29) is 11.7 Å². The molecule has 0 saturated carbocycles. The van der Waals surface area contributed by atoms with E-state index in [0.29, 0.717) is 26.7 Å². The molecule has 6 nitrogen and oxygen atoms in total. The number of carbonyl (C=O) groups excluding carboxylic acids is 1. The fourth-order valence-electron chi connectivity index (χ4n) is 3.17. The van der Waals surface area contributed by atoms with Crippen molar-refractivity contribution in [3.05, 3.63) is 82.3 Å². The van der Waals surface area contributed by atoms with Crippen molar-refractivity contribution in [1.29, 1.82) is 0 Å². The van der Waals surface area contributed by atoms with Crippen molar-refractivity contribution in [3.63, 3.8) is 0 Å². The highest BCUT2D eigenvalue weighted by molar-refractivity contribution is 7.99. The van der Waals surface area contributed by atoms with Gasteiger partial charge in [0.05, 0.1) is 12.9 Å². The Labute approximate surface area is 205 Å². The van der Waals surface area contributed by atoms with Crippen LogP contribution in [0.25, 0.3) is 17.1 Å². The van der Waals surface area contributed by atoms with E-state index in [1.165, 1.54) is 11.8 Å². The van der Waals surface area contributed by atoms with Crippen LogP contribution in [0.3, 0.4) is 0 Å². The molecular formula is C24H20Cl2N4O2S. The summed E-state index contributed by atoms with van der Waals surface area (Å²) >= 11 is 13.3. The monoisotopic (exact) mass is 498 g/mol. The predicted octanol–water partition coefficient (Wildman–Crippen LogP) is 6.29. The lowest BCUT2D eigenvalue weighted by molar-refractivity contribution is -0.113. The van der Waals surface area contributed by atoms with Crippen LogP contribution in [0.5, 0.6) is 5.75 Å². The van der Waals surface area contributed by atoms with E-state index in [1.54, 1.807) is 25.3 Å². The number of hydrogen-bond acceptors (Lipinski definition) is 5. The zero-order valence-electron chi connectivity index (χ0n) is 17.9. The Morgan fingerprint density at radius 2 is 1.67 bits per heavy atom. The average molecular weight is 499 g/mol. The minimum absolute atomic E-state index is 0.131. The smallest absolute Gasteiger partial charge is 0.234 e. The number of nitrogens with zero attached hydrogens (tertiary/aromatic N) is 3. The van der Waals surface area contributed by atoms with Crippen LogP contribution in [0.2, 0.25) is 10.0 Å². The van der Waals surface area contributed by atoms with Crippen LogP contribution in [0.1, 0.15) is 5.56 Å². The van der Waals surface area contributed by atoms with Gasteiger partial charge < -0.3 is 10.1 Å². The maximum atomic E-state index is 12.6. The lowest BCUT2D eigenvalue weighted by atomic mass is 10.1. The number of anilines is 1. The Morgan fingerprint density at radius 3 is 2.30 bits per heavy atom. The first-order valence-corrected chi connectivity index (χ1v) is 11.7. The summed E-state index contributed by atoms with van der Waals surface area (Å²) < 4.78 is 7.21. The van der Waals surface area contributed by atoms with Gasteiger partial charge >= 0.3 is 0 Å². The minimum Gasteiger partial charge on any atom is -0.497 e. The van der Waals surface area contributed by atoms with Crippen LogP contribution in [0, 0.1) is 6.92 Å². The van der Waals surface area contributed by atoms with Crippen LogP contribution in [-0.4, -0.2) is 33.5 Å². The molecule has 1 heterocycles. The highest BCUT2D eigenvalue weighted by Crippen LogP contribution is 2.29. The van der Waals surface area contributed by atoms with Gasteiger partial charge in [-0.25, -0.2) is 0 Å². The number of nitrogens with one attached hydrogen (secondary N) is 1. The van der Waals surface area contributed by atoms with Gasteiger partial charge in [0.2, 0.25) is 5.91 Å². The summed E-state index contributed by atoms with van der Waals surface area (Å²) in [7, 11) is 1.62. The summed E-state index contributed by atoms with van der Waals surface area (Å²) in [4.78, 5) is 12.6. The van der Waals surface area contributed by atoms with Crippen LogP contribution in [-0.2, 0) is 4.79 Å². The van der Waals surface area contributed by atoms with E-state index in [9.17, 15) is 4.79 Å². The van der Waals surface area contributed by atoms with Gasteiger partial charge in [0.15, 0.2) is 11.0 Å². The minimum atomic E-state index is -0.209. The zero-order chi connectivity index (χ0) is 23.4. The SMILES string of the molecule is COc1ccc(-n2c(SCC(=O)Nc3cc(Cl)cc(Cl)c3)nnc2-c2ccc(C)cc2)cc1. The summed E-state index contributed by atoms with van der Waals surface area (Å²) in [5.41, 5.74) is 3.48. The first kappa shape index (κ1) is 23.2. The molecule has 0 aliphatic heterocycles. The van der Waals surface area contributed by atoms with Crippen LogP contribution in [0.15, 0.2) is 71.9 Å². The summed E-state index contributed by atoms with van der Waals surface area (Å²) in [6, 6.07) is 20.6. The molecule has 0 radical (unpaired) electrons. The van der Waals surface area contributed by atoms with Gasteiger partial charge in [-0.05, 0) is 49.4 Å². The van der Waals surface area contributed by atoms with Gasteiger partial charge in [-0.3, -0.25) is 9.36 Å². The molecule has 0 unspecified atom stereocenters. The third-order valence-corrected chi connectivity index (χ3v) is 6.12. The second kappa shape index (κ2) is 10.3. The van der Waals surface area contributed by atoms with Crippen molar-refractivity contribution in [1.82, 2.24) is 14.8 Å². The molecule has 4 rings (SSSR count). The van der Waals surface area contributed by atoms with Gasteiger partial charge in [-0.2, -0.15) is 0 Å². The molecule has 168 valence electrons. The van der Waals surface area contributed by atoms with Gasteiger partial charge in [0, 0.05) is 27.0 Å². The van der Waals surface area contributed by atoms with Crippen molar-refractivity contribution >= 4 is 46.6 Å². The number of thioether (sulfide) groups is 1. The molecule has 1 amide bonds. The summed E-state index contributed by atoms with van der Waals surface area (Å²) in [5, 5.41) is 13.1. The van der Waals surface area contributed by atoms with E-state index in [1.807, 2.05) is 60.0 Å². The van der Waals surface area contributed by atoms with Crippen LogP contribution >= 0.6 is 35.0 Å². The number of aromatic nitrogens is 3. The standard InChI is InChI=1S/C24H20Cl2N4O2S/c1-15-3-5-16(6-4-15)23-28-29-24(30(23)20-7-9-21(32-2)10-8-20)33-14-22(31)27-19-12-17(25)11-18(26)13-19/h3-13H,14H2,1-2H3,(H,27,31). The van der Waals surface area contributed by atoms with Crippen molar-refractivity contribution in [3.8, 4) is 22.8 Å². The fourth-order valence-corrected chi connectivity index (χ4v) is 4.45. The molecule has 33 heavy (non-hydrogen) atoms. The molecule has 0 bridgehead atoms. The maximum absolute atomic E-state index is 12.6.